The summed E-state index contributed by atoms with van der Waals surface area (Å²) in [5.41, 5.74) is 1.35. The van der Waals surface area contributed by atoms with Gasteiger partial charge in [-0.25, -0.2) is 0 Å². The molecule has 4 nitrogen and oxygen atoms in total. The first-order chi connectivity index (χ1) is 10.7. The van der Waals surface area contributed by atoms with Gasteiger partial charge in [-0.05, 0) is 37.1 Å². The Morgan fingerprint density at radius 2 is 2.05 bits per heavy atom. The monoisotopic (exact) mass is 368 g/mol. The molecule has 0 aromatic heterocycles. The lowest BCUT2D eigenvalue weighted by atomic mass is 10.0. The van der Waals surface area contributed by atoms with Gasteiger partial charge in [-0.15, -0.1) is 0 Å². The molecule has 1 N–H and O–H groups in total. The predicted molar refractivity (Wildman–Crippen MR) is 91.0 cm³/mol. The third-order valence-electron chi connectivity index (χ3n) is 4.62. The molecule has 22 heavy (non-hydrogen) atoms. The summed E-state index contributed by atoms with van der Waals surface area (Å²) in [4.78, 5) is 4.74. The quantitative estimate of drug-likeness (QED) is 0.864. The highest BCUT2D eigenvalue weighted by atomic mass is 79.9. The second kappa shape index (κ2) is 7.88. The maximum atomic E-state index is 10.4. The van der Waals surface area contributed by atoms with Crippen LogP contribution in [0.3, 0.4) is 0 Å². The fraction of sp³-hybridized carbons (Fsp3) is 0.647. The molecule has 0 aliphatic carbocycles. The molecule has 0 unspecified atom stereocenters. The molecular weight excluding hydrogens is 344 g/mol. The molecule has 2 saturated heterocycles. The highest BCUT2D eigenvalue weighted by molar-refractivity contribution is 9.10. The SMILES string of the molecule is O[C@@H](CN1CCOCC1)CN1CCC[C@H]1c1cccc(Br)c1. The molecule has 2 aliphatic heterocycles. The molecule has 1 aromatic carbocycles. The fourth-order valence-corrected chi connectivity index (χ4v) is 3.96. The van der Waals surface area contributed by atoms with Gasteiger partial charge in [0.05, 0.1) is 19.3 Å². The number of nitrogens with zero attached hydrogens (tertiary/aromatic N) is 2. The summed E-state index contributed by atoms with van der Waals surface area (Å²) in [5, 5.41) is 10.4. The molecule has 0 saturated carbocycles. The standard InChI is InChI=1S/C17H25BrN2O2/c18-15-4-1-3-14(11-15)17-5-2-6-20(17)13-16(21)12-19-7-9-22-10-8-19/h1,3-4,11,16-17,21H,2,5-10,12-13H2/t16-,17-/m0/s1. The van der Waals surface area contributed by atoms with Crippen LogP contribution in [0, 0.1) is 0 Å². The van der Waals surface area contributed by atoms with Gasteiger partial charge in [0.2, 0.25) is 0 Å². The highest BCUT2D eigenvalue weighted by Crippen LogP contribution is 2.33. The lowest BCUT2D eigenvalue weighted by Gasteiger charge is -2.32. The number of aliphatic hydroxyl groups is 1. The lowest BCUT2D eigenvalue weighted by Crippen LogP contribution is -2.44. The molecule has 2 fully saturated rings. The van der Waals surface area contributed by atoms with E-state index in [4.69, 9.17) is 4.74 Å². The zero-order valence-corrected chi connectivity index (χ0v) is 14.5. The van der Waals surface area contributed by atoms with Crippen molar-refractivity contribution in [1.82, 2.24) is 9.80 Å². The maximum absolute atomic E-state index is 10.4. The van der Waals surface area contributed by atoms with Crippen molar-refractivity contribution in [2.24, 2.45) is 0 Å². The summed E-state index contributed by atoms with van der Waals surface area (Å²) in [6, 6.07) is 9.01. The molecule has 3 rings (SSSR count). The molecule has 2 heterocycles. The minimum Gasteiger partial charge on any atom is -0.390 e. The number of β-amino-alcohol motifs (C(OH)–C–C–N with tert-alkyl or cyclic N) is 1. The number of aliphatic hydroxyl groups excluding tert-OH is 1. The number of likely N-dealkylation sites (tertiary alicyclic amines) is 1. The van der Waals surface area contributed by atoms with E-state index < -0.39 is 0 Å². The van der Waals surface area contributed by atoms with Crippen LogP contribution in [0.2, 0.25) is 0 Å². The summed E-state index contributed by atoms with van der Waals surface area (Å²) in [6.07, 6.45) is 2.10. The van der Waals surface area contributed by atoms with E-state index in [1.807, 2.05) is 0 Å². The summed E-state index contributed by atoms with van der Waals surface area (Å²) < 4.78 is 6.49. The summed E-state index contributed by atoms with van der Waals surface area (Å²) in [6.45, 7) is 6.05. The highest BCUT2D eigenvalue weighted by Gasteiger charge is 2.28. The van der Waals surface area contributed by atoms with Gasteiger partial charge in [0.1, 0.15) is 0 Å². The Hall–Kier alpha value is -0.460. The average molecular weight is 369 g/mol. The van der Waals surface area contributed by atoms with Crippen molar-refractivity contribution in [3.63, 3.8) is 0 Å². The zero-order chi connectivity index (χ0) is 15.4. The molecule has 1 aromatic rings. The van der Waals surface area contributed by atoms with Crippen LogP contribution < -0.4 is 0 Å². The molecular formula is C17H25BrN2O2. The Balaban J connectivity index is 1.56. The van der Waals surface area contributed by atoms with Crippen molar-refractivity contribution in [3.8, 4) is 0 Å². The Morgan fingerprint density at radius 3 is 2.82 bits per heavy atom. The Labute approximate surface area is 141 Å². The topological polar surface area (TPSA) is 35.9 Å². The van der Waals surface area contributed by atoms with Crippen molar-refractivity contribution in [3.05, 3.63) is 34.3 Å². The van der Waals surface area contributed by atoms with E-state index in [1.54, 1.807) is 0 Å². The van der Waals surface area contributed by atoms with Crippen LogP contribution in [0.15, 0.2) is 28.7 Å². The van der Waals surface area contributed by atoms with E-state index in [0.29, 0.717) is 6.04 Å². The third-order valence-corrected chi connectivity index (χ3v) is 5.11. The van der Waals surface area contributed by atoms with Crippen LogP contribution in [0.25, 0.3) is 0 Å². The van der Waals surface area contributed by atoms with Crippen LogP contribution in [0.1, 0.15) is 24.4 Å². The van der Waals surface area contributed by atoms with Crippen molar-refractivity contribution in [1.29, 1.82) is 0 Å². The van der Waals surface area contributed by atoms with Gasteiger partial charge in [-0.2, -0.15) is 0 Å². The first-order valence-corrected chi connectivity index (χ1v) is 8.99. The van der Waals surface area contributed by atoms with Crippen molar-refractivity contribution >= 4 is 15.9 Å². The number of benzene rings is 1. The minimum absolute atomic E-state index is 0.286. The van der Waals surface area contributed by atoms with Gasteiger partial charge in [0.15, 0.2) is 0 Å². The number of hydrogen-bond acceptors (Lipinski definition) is 4. The lowest BCUT2D eigenvalue weighted by molar-refractivity contribution is 0.00585. The van der Waals surface area contributed by atoms with E-state index >= 15 is 0 Å². The normalized spacial score (nSPS) is 25.5. The van der Waals surface area contributed by atoms with Crippen molar-refractivity contribution in [2.45, 2.75) is 25.0 Å². The van der Waals surface area contributed by atoms with E-state index in [9.17, 15) is 5.11 Å². The van der Waals surface area contributed by atoms with Crippen LogP contribution in [-0.2, 0) is 4.74 Å². The van der Waals surface area contributed by atoms with E-state index in [0.717, 1.165) is 50.4 Å². The maximum Gasteiger partial charge on any atom is 0.0794 e. The predicted octanol–water partition coefficient (Wildman–Crippen LogP) is 2.28. The number of rotatable bonds is 5. The van der Waals surface area contributed by atoms with Crippen LogP contribution in [0.5, 0.6) is 0 Å². The van der Waals surface area contributed by atoms with Gasteiger partial charge in [-0.1, -0.05) is 28.1 Å². The summed E-state index contributed by atoms with van der Waals surface area (Å²) >= 11 is 3.56. The second-order valence-corrected chi connectivity index (χ2v) is 7.19. The summed E-state index contributed by atoms with van der Waals surface area (Å²) in [7, 11) is 0. The zero-order valence-electron chi connectivity index (χ0n) is 13.0. The van der Waals surface area contributed by atoms with Gasteiger partial charge in [-0.3, -0.25) is 9.80 Å². The molecule has 122 valence electrons. The van der Waals surface area contributed by atoms with E-state index in [1.165, 1.54) is 18.4 Å². The van der Waals surface area contributed by atoms with Gasteiger partial charge >= 0.3 is 0 Å². The van der Waals surface area contributed by atoms with Crippen LogP contribution in [-0.4, -0.2) is 66.9 Å². The first-order valence-electron chi connectivity index (χ1n) is 8.20. The molecule has 5 heteroatoms. The Kier molecular flexibility index (Phi) is 5.88. The largest absolute Gasteiger partial charge is 0.390 e. The van der Waals surface area contributed by atoms with Gasteiger partial charge < -0.3 is 9.84 Å². The van der Waals surface area contributed by atoms with E-state index in [-0.39, 0.29) is 6.10 Å². The number of ether oxygens (including phenoxy) is 1. The van der Waals surface area contributed by atoms with Crippen LogP contribution in [0.4, 0.5) is 0 Å². The number of halogens is 1. The van der Waals surface area contributed by atoms with Crippen molar-refractivity contribution in [2.75, 3.05) is 45.9 Å². The smallest absolute Gasteiger partial charge is 0.0794 e. The summed E-state index contributed by atoms with van der Waals surface area (Å²) in [5.74, 6) is 0. The molecule has 0 bridgehead atoms. The van der Waals surface area contributed by atoms with Crippen LogP contribution >= 0.6 is 15.9 Å². The number of hydrogen-bond donors (Lipinski definition) is 1. The Bertz CT molecular complexity index is 479. The van der Waals surface area contributed by atoms with Gasteiger partial charge in [0, 0.05) is 36.7 Å². The fourth-order valence-electron chi connectivity index (χ4n) is 3.55. The molecule has 2 atom stereocenters. The average Bonchev–Trinajstić information content (AvgIpc) is 2.96. The van der Waals surface area contributed by atoms with Gasteiger partial charge in [0.25, 0.3) is 0 Å². The third kappa shape index (κ3) is 4.30. The van der Waals surface area contributed by atoms with E-state index in [2.05, 4.69) is 50.0 Å². The minimum atomic E-state index is -0.286. The van der Waals surface area contributed by atoms with Crippen molar-refractivity contribution < 1.29 is 9.84 Å². The first kappa shape index (κ1) is 16.4. The molecule has 0 radical (unpaired) electrons. The second-order valence-electron chi connectivity index (χ2n) is 6.27. The number of morpholine rings is 1. The molecule has 0 spiro atoms. The molecule has 2 aliphatic rings. The Morgan fingerprint density at radius 1 is 1.23 bits per heavy atom. The molecule has 0 amide bonds.